The van der Waals surface area contributed by atoms with E-state index in [0.29, 0.717) is 33.1 Å². The highest BCUT2D eigenvalue weighted by atomic mass is 32.2. The average Bonchev–Trinajstić information content (AvgIpc) is 3.34. The quantitative estimate of drug-likeness (QED) is 0.624. The molecule has 0 radical (unpaired) electrons. The Bertz CT molecular complexity index is 989. The largest absolute Gasteiger partial charge is 0.454 e. The molecule has 1 aliphatic heterocycles. The summed E-state index contributed by atoms with van der Waals surface area (Å²) in [6.45, 7) is 0. The maximum absolute atomic E-state index is 12.1. The van der Waals surface area contributed by atoms with Crippen molar-refractivity contribution in [2.75, 3.05) is 12.4 Å². The molecule has 1 unspecified atom stereocenters. The second-order valence-corrected chi connectivity index (χ2v) is 6.70. The maximum Gasteiger partial charge on any atom is 0.269 e. The van der Waals surface area contributed by atoms with Gasteiger partial charge in [0, 0.05) is 26.1 Å². The lowest BCUT2D eigenvalue weighted by Gasteiger charge is -2.20. The van der Waals surface area contributed by atoms with E-state index in [4.69, 9.17) is 4.42 Å². The van der Waals surface area contributed by atoms with Crippen LogP contribution in [0.15, 0.2) is 33.1 Å². The standard InChI is InChI=1S/C15H15N7O3S/c1-16-14(24)12-11-7(5-9(23)18-13(11)20-19-12)8-3-4-10(25-8)26-15-21-17-6-22(15)2/h3-4,6-7H,5H2,1-2H3,(H,16,24)(H2,18,19,20,23). The molecule has 4 rings (SSSR count). The Hall–Kier alpha value is -3.08. The predicted molar refractivity (Wildman–Crippen MR) is 90.9 cm³/mol. The molecule has 0 saturated carbocycles. The molecular formula is C15H15N7O3S. The zero-order chi connectivity index (χ0) is 18.3. The summed E-state index contributed by atoms with van der Waals surface area (Å²) in [5.74, 6) is 0.0382. The molecule has 1 atom stereocenters. The molecule has 1 aliphatic rings. The third-order valence-electron chi connectivity index (χ3n) is 4.06. The van der Waals surface area contributed by atoms with E-state index in [-0.39, 0.29) is 18.2 Å². The second kappa shape index (κ2) is 6.33. The van der Waals surface area contributed by atoms with Crippen molar-refractivity contribution in [3.8, 4) is 0 Å². The third-order valence-corrected chi connectivity index (χ3v) is 5.03. The highest BCUT2D eigenvalue weighted by Gasteiger charge is 2.35. The Morgan fingerprint density at radius 2 is 2.31 bits per heavy atom. The van der Waals surface area contributed by atoms with Gasteiger partial charge < -0.3 is 19.6 Å². The lowest BCUT2D eigenvalue weighted by Crippen LogP contribution is -2.26. The molecular weight excluding hydrogens is 358 g/mol. The molecule has 0 aromatic carbocycles. The minimum Gasteiger partial charge on any atom is -0.454 e. The molecule has 0 fully saturated rings. The first-order chi connectivity index (χ1) is 12.6. The number of hydrogen-bond acceptors (Lipinski definition) is 7. The maximum atomic E-state index is 12.1. The van der Waals surface area contributed by atoms with Crippen molar-refractivity contribution in [3.05, 3.63) is 35.5 Å². The number of fused-ring (bicyclic) bond motifs is 1. The van der Waals surface area contributed by atoms with Gasteiger partial charge in [0.25, 0.3) is 5.91 Å². The van der Waals surface area contributed by atoms with Crippen LogP contribution in [0.5, 0.6) is 0 Å². The van der Waals surface area contributed by atoms with Crippen LogP contribution in [0, 0.1) is 0 Å². The molecule has 2 amide bonds. The van der Waals surface area contributed by atoms with E-state index in [0.717, 1.165) is 0 Å². The number of aromatic amines is 1. The summed E-state index contributed by atoms with van der Waals surface area (Å²) in [4.78, 5) is 24.1. The van der Waals surface area contributed by atoms with Crippen molar-refractivity contribution in [2.45, 2.75) is 22.6 Å². The van der Waals surface area contributed by atoms with Crippen LogP contribution >= 0.6 is 11.8 Å². The molecule has 0 saturated heterocycles. The van der Waals surface area contributed by atoms with Crippen molar-refractivity contribution < 1.29 is 14.0 Å². The van der Waals surface area contributed by atoms with Crippen molar-refractivity contribution in [3.63, 3.8) is 0 Å². The molecule has 3 aromatic rings. The van der Waals surface area contributed by atoms with E-state index in [1.807, 2.05) is 7.05 Å². The normalized spacial score (nSPS) is 16.2. The fourth-order valence-corrected chi connectivity index (χ4v) is 3.56. The molecule has 0 aliphatic carbocycles. The number of aryl methyl sites for hydroxylation is 1. The van der Waals surface area contributed by atoms with Crippen molar-refractivity contribution in [1.29, 1.82) is 0 Å². The van der Waals surface area contributed by atoms with Gasteiger partial charge in [-0.25, -0.2) is 0 Å². The fraction of sp³-hybridized carbons (Fsp3) is 0.267. The Labute approximate surface area is 151 Å². The summed E-state index contributed by atoms with van der Waals surface area (Å²) in [5.41, 5.74) is 0.930. The van der Waals surface area contributed by atoms with Gasteiger partial charge in [0.15, 0.2) is 16.1 Å². The monoisotopic (exact) mass is 373 g/mol. The van der Waals surface area contributed by atoms with Gasteiger partial charge in [-0.15, -0.1) is 10.2 Å². The zero-order valence-electron chi connectivity index (χ0n) is 13.9. The minimum atomic E-state index is -0.404. The Morgan fingerprint density at radius 1 is 1.46 bits per heavy atom. The molecule has 3 aromatic heterocycles. The number of nitrogens with one attached hydrogen (secondary N) is 3. The first-order valence-corrected chi connectivity index (χ1v) is 8.60. The van der Waals surface area contributed by atoms with E-state index >= 15 is 0 Å². The molecule has 11 heteroatoms. The fourth-order valence-electron chi connectivity index (χ4n) is 2.83. The Morgan fingerprint density at radius 3 is 3.04 bits per heavy atom. The topological polar surface area (TPSA) is 131 Å². The third kappa shape index (κ3) is 2.75. The van der Waals surface area contributed by atoms with E-state index in [2.05, 4.69) is 31.0 Å². The van der Waals surface area contributed by atoms with Crippen LogP contribution in [0.4, 0.5) is 5.82 Å². The highest BCUT2D eigenvalue weighted by Crippen LogP contribution is 2.40. The summed E-state index contributed by atoms with van der Waals surface area (Å²) < 4.78 is 7.70. The van der Waals surface area contributed by atoms with Crippen LogP contribution in [-0.2, 0) is 11.8 Å². The number of H-pyrrole nitrogens is 1. The number of amides is 2. The van der Waals surface area contributed by atoms with Gasteiger partial charge in [0.1, 0.15) is 17.8 Å². The van der Waals surface area contributed by atoms with Gasteiger partial charge in [0.05, 0.1) is 5.92 Å². The average molecular weight is 373 g/mol. The van der Waals surface area contributed by atoms with Crippen molar-refractivity contribution in [2.24, 2.45) is 7.05 Å². The van der Waals surface area contributed by atoms with Gasteiger partial charge in [-0.1, -0.05) is 0 Å². The van der Waals surface area contributed by atoms with Crippen LogP contribution < -0.4 is 10.6 Å². The molecule has 26 heavy (non-hydrogen) atoms. The first-order valence-electron chi connectivity index (χ1n) is 7.78. The SMILES string of the molecule is CNC(=O)c1[nH]nc2c1C(c1ccc(Sc3nncn3C)o1)CC(=O)N2. The molecule has 4 heterocycles. The lowest BCUT2D eigenvalue weighted by atomic mass is 9.89. The number of carbonyl (C=O) groups excluding carboxylic acids is 2. The van der Waals surface area contributed by atoms with Crippen molar-refractivity contribution >= 4 is 29.4 Å². The molecule has 10 nitrogen and oxygen atoms in total. The number of furan rings is 1. The summed E-state index contributed by atoms with van der Waals surface area (Å²) in [6, 6.07) is 3.60. The zero-order valence-corrected chi connectivity index (χ0v) is 14.8. The Balaban J connectivity index is 1.69. The van der Waals surface area contributed by atoms with E-state index in [1.165, 1.54) is 18.8 Å². The smallest absolute Gasteiger partial charge is 0.269 e. The highest BCUT2D eigenvalue weighted by molar-refractivity contribution is 7.99. The summed E-state index contributed by atoms with van der Waals surface area (Å²) in [5, 5.41) is 21.1. The first kappa shape index (κ1) is 16.4. The molecule has 0 bridgehead atoms. The summed E-state index contributed by atoms with van der Waals surface area (Å²) in [7, 11) is 3.37. The summed E-state index contributed by atoms with van der Waals surface area (Å²) in [6.07, 6.45) is 1.77. The van der Waals surface area contributed by atoms with Gasteiger partial charge in [-0.2, -0.15) is 5.10 Å². The van der Waals surface area contributed by atoms with Gasteiger partial charge in [-0.3, -0.25) is 14.7 Å². The van der Waals surface area contributed by atoms with E-state index in [1.54, 1.807) is 23.0 Å². The number of aromatic nitrogens is 5. The van der Waals surface area contributed by atoms with E-state index < -0.39 is 5.92 Å². The number of hydrogen-bond donors (Lipinski definition) is 3. The summed E-state index contributed by atoms with van der Waals surface area (Å²) >= 11 is 1.32. The van der Waals surface area contributed by atoms with Gasteiger partial charge >= 0.3 is 0 Å². The van der Waals surface area contributed by atoms with E-state index in [9.17, 15) is 9.59 Å². The van der Waals surface area contributed by atoms with Crippen LogP contribution in [0.25, 0.3) is 0 Å². The predicted octanol–water partition coefficient (Wildman–Crippen LogP) is 1.12. The minimum absolute atomic E-state index is 0.165. The number of rotatable bonds is 4. The lowest BCUT2D eigenvalue weighted by molar-refractivity contribution is -0.116. The number of nitrogens with zero attached hydrogens (tertiary/aromatic N) is 4. The molecule has 3 N–H and O–H groups in total. The second-order valence-electron chi connectivity index (χ2n) is 5.73. The van der Waals surface area contributed by atoms with Gasteiger partial charge in [-0.05, 0) is 23.9 Å². The molecule has 0 spiro atoms. The van der Waals surface area contributed by atoms with Crippen LogP contribution in [0.2, 0.25) is 0 Å². The molecule has 134 valence electrons. The van der Waals surface area contributed by atoms with Crippen molar-refractivity contribution in [1.82, 2.24) is 30.3 Å². The van der Waals surface area contributed by atoms with Crippen LogP contribution in [0.3, 0.4) is 0 Å². The van der Waals surface area contributed by atoms with Gasteiger partial charge in [0.2, 0.25) is 5.91 Å². The van der Waals surface area contributed by atoms with Crippen LogP contribution in [-0.4, -0.2) is 43.8 Å². The van der Waals surface area contributed by atoms with Crippen LogP contribution in [0.1, 0.15) is 34.2 Å². The number of anilines is 1. The Kier molecular flexibility index (Phi) is 3.99. The number of carbonyl (C=O) groups is 2.